The van der Waals surface area contributed by atoms with Crippen molar-refractivity contribution in [3.05, 3.63) is 70.5 Å². The monoisotopic (exact) mass is 481 g/mol. The molecule has 1 aliphatic rings. The first kappa shape index (κ1) is 23.4. The minimum Gasteiger partial charge on any atom is -0.457 e. The molecule has 4 N–H and O–H groups in total. The van der Waals surface area contributed by atoms with Crippen molar-refractivity contribution in [3.63, 3.8) is 0 Å². The number of aromatic amines is 1. The lowest BCUT2D eigenvalue weighted by molar-refractivity contribution is 0.0975. The number of nitrogens with zero attached hydrogens (tertiary/aromatic N) is 2. The van der Waals surface area contributed by atoms with Crippen LogP contribution < -0.4 is 21.3 Å². The molecule has 1 fully saturated rings. The highest BCUT2D eigenvalue weighted by atomic mass is 32.1. The van der Waals surface area contributed by atoms with Crippen molar-refractivity contribution < 1.29 is 14.3 Å². The number of piperidine rings is 1. The molecule has 1 aromatic heterocycles. The van der Waals surface area contributed by atoms with E-state index in [1.54, 1.807) is 11.8 Å². The zero-order valence-electron chi connectivity index (χ0n) is 18.8. The number of nitrogens with one attached hydrogen (secondary N) is 2. The van der Waals surface area contributed by atoms with Crippen LogP contribution in [0.3, 0.4) is 0 Å². The molecule has 34 heavy (non-hydrogen) atoms. The van der Waals surface area contributed by atoms with Crippen LogP contribution in [0.25, 0.3) is 0 Å². The maximum atomic E-state index is 12.4. The lowest BCUT2D eigenvalue weighted by atomic mass is 10.1. The van der Waals surface area contributed by atoms with E-state index in [9.17, 15) is 9.59 Å². The van der Waals surface area contributed by atoms with Crippen LogP contribution in [0.5, 0.6) is 11.5 Å². The molecule has 0 aliphatic carbocycles. The van der Waals surface area contributed by atoms with Crippen LogP contribution in [0.2, 0.25) is 0 Å². The van der Waals surface area contributed by atoms with Gasteiger partial charge in [-0.15, -0.1) is 0 Å². The lowest BCUT2D eigenvalue weighted by Gasteiger charge is -2.29. The average molecular weight is 482 g/mol. The zero-order valence-corrected chi connectivity index (χ0v) is 19.6. The summed E-state index contributed by atoms with van der Waals surface area (Å²) in [6, 6.07) is 16.9. The molecule has 1 saturated heterocycles. The summed E-state index contributed by atoms with van der Waals surface area (Å²) in [5.74, 6) is 1.64. The number of amidine groups is 1. The van der Waals surface area contributed by atoms with Crippen LogP contribution in [-0.4, -0.2) is 46.9 Å². The Bertz CT molecular complexity index is 1180. The Kier molecular flexibility index (Phi) is 7.48. The molecule has 2 heterocycles. The quantitative estimate of drug-likeness (QED) is 0.342. The summed E-state index contributed by atoms with van der Waals surface area (Å²) in [5.41, 5.74) is 7.07. The average Bonchev–Trinajstić information content (AvgIpc) is 3.21. The highest BCUT2D eigenvalue weighted by Crippen LogP contribution is 2.27. The summed E-state index contributed by atoms with van der Waals surface area (Å²) >= 11 is 1.17. The largest absolute Gasteiger partial charge is 0.457 e. The van der Waals surface area contributed by atoms with Gasteiger partial charge in [0.15, 0.2) is 0 Å². The number of H-pyrrole nitrogens is 1. The first-order valence-electron chi connectivity index (χ1n) is 11.1. The van der Waals surface area contributed by atoms with Crippen LogP contribution in [0, 0.1) is 0 Å². The number of likely N-dealkylation sites (tertiary alicyclic amines) is 1. The maximum absolute atomic E-state index is 12.4. The van der Waals surface area contributed by atoms with Crippen molar-refractivity contribution >= 4 is 34.1 Å². The molecule has 178 valence electrons. The Labute approximate surface area is 201 Å². The number of ether oxygens (including phenoxy) is 2. The third-order valence-corrected chi connectivity index (χ3v) is 6.16. The minimum absolute atomic E-state index is 0.0627. The van der Waals surface area contributed by atoms with Gasteiger partial charge in [0.2, 0.25) is 0 Å². The lowest BCUT2D eigenvalue weighted by Crippen LogP contribution is -2.40. The summed E-state index contributed by atoms with van der Waals surface area (Å²) in [4.78, 5) is 30.6. The van der Waals surface area contributed by atoms with E-state index < -0.39 is 0 Å². The number of rotatable bonds is 7. The molecule has 0 atom stereocenters. The zero-order chi connectivity index (χ0) is 23.9. The summed E-state index contributed by atoms with van der Waals surface area (Å²) in [7, 11) is 0. The molecule has 1 amide bonds. The molecular formula is C24H27N5O4S. The van der Waals surface area contributed by atoms with Crippen molar-refractivity contribution in [2.45, 2.75) is 25.8 Å². The predicted octanol–water partition coefficient (Wildman–Crippen LogP) is 4.30. The van der Waals surface area contributed by atoms with E-state index >= 15 is 0 Å². The van der Waals surface area contributed by atoms with Gasteiger partial charge in [0.1, 0.15) is 27.9 Å². The number of hydrogen-bond donors (Lipinski definition) is 3. The van der Waals surface area contributed by atoms with Crippen LogP contribution in [0.15, 0.2) is 64.4 Å². The molecule has 0 saturated carbocycles. The fraction of sp³-hybridized carbons (Fsp3) is 0.292. The topological polar surface area (TPSA) is 122 Å². The standard InChI is InChI=1S/C24H27N5O4S/c1-2-32-24(31)29-14-12-17(13-15-29)26-21(25)20-22(30)28-34-23(20)27-16-8-10-19(11-9-16)33-18-6-4-3-5-7-18/h3-11,17,27H,2,12-15H2,1H3,(H2,25,26)(H,28,30). The Balaban J connectivity index is 1.41. The minimum atomic E-state index is -0.307. The molecule has 3 aromatic rings. The molecule has 0 spiro atoms. The van der Waals surface area contributed by atoms with Gasteiger partial charge in [-0.2, -0.15) is 0 Å². The van der Waals surface area contributed by atoms with E-state index in [1.807, 2.05) is 54.6 Å². The smallest absolute Gasteiger partial charge is 0.409 e. The number of amides is 1. The first-order valence-corrected chi connectivity index (χ1v) is 11.9. The van der Waals surface area contributed by atoms with Crippen molar-refractivity contribution in [1.82, 2.24) is 9.27 Å². The van der Waals surface area contributed by atoms with Gasteiger partial charge in [0, 0.05) is 18.8 Å². The number of benzene rings is 2. The number of anilines is 2. The first-order chi connectivity index (χ1) is 16.5. The second kappa shape index (κ2) is 10.9. The normalized spacial score (nSPS) is 14.6. The number of carbonyl (C=O) groups is 1. The second-order valence-electron chi connectivity index (χ2n) is 7.73. The van der Waals surface area contributed by atoms with Gasteiger partial charge in [-0.1, -0.05) is 18.2 Å². The molecule has 2 aromatic carbocycles. The third kappa shape index (κ3) is 5.76. The summed E-state index contributed by atoms with van der Waals surface area (Å²) in [6.07, 6.45) is 1.01. The Hall–Kier alpha value is -3.79. The highest BCUT2D eigenvalue weighted by Gasteiger charge is 2.24. The summed E-state index contributed by atoms with van der Waals surface area (Å²) < 4.78 is 13.6. The SMILES string of the molecule is CCOC(=O)N1CCC(N=C(N)c2c(Nc3ccc(Oc4ccccc4)cc3)s[nH]c2=O)CC1. The molecule has 0 unspecified atom stereocenters. The Morgan fingerprint density at radius 2 is 1.82 bits per heavy atom. The number of carbonyl (C=O) groups excluding carboxylic acids is 1. The van der Waals surface area contributed by atoms with Crippen LogP contribution in [0.1, 0.15) is 25.3 Å². The van der Waals surface area contributed by atoms with Gasteiger partial charge in [0.25, 0.3) is 5.56 Å². The Morgan fingerprint density at radius 1 is 1.15 bits per heavy atom. The van der Waals surface area contributed by atoms with E-state index in [-0.39, 0.29) is 23.5 Å². The molecule has 0 bridgehead atoms. The van der Waals surface area contributed by atoms with Gasteiger partial charge < -0.3 is 25.4 Å². The fourth-order valence-corrected chi connectivity index (χ4v) is 4.40. The molecule has 9 nitrogen and oxygen atoms in total. The second-order valence-corrected chi connectivity index (χ2v) is 8.55. The van der Waals surface area contributed by atoms with Crippen LogP contribution >= 0.6 is 11.5 Å². The summed E-state index contributed by atoms with van der Waals surface area (Å²) in [5, 5.41) is 3.83. The van der Waals surface area contributed by atoms with Crippen molar-refractivity contribution in [2.24, 2.45) is 10.7 Å². The number of aliphatic imine (C=N–C) groups is 1. The van der Waals surface area contributed by atoms with E-state index in [0.717, 1.165) is 11.4 Å². The van der Waals surface area contributed by atoms with E-state index in [4.69, 9.17) is 15.2 Å². The van der Waals surface area contributed by atoms with Crippen molar-refractivity contribution in [1.29, 1.82) is 0 Å². The number of aromatic nitrogens is 1. The van der Waals surface area contributed by atoms with Crippen LogP contribution in [0.4, 0.5) is 15.5 Å². The maximum Gasteiger partial charge on any atom is 0.409 e. The van der Waals surface area contributed by atoms with Gasteiger partial charge >= 0.3 is 6.09 Å². The van der Waals surface area contributed by atoms with Crippen LogP contribution in [-0.2, 0) is 4.74 Å². The Morgan fingerprint density at radius 3 is 2.50 bits per heavy atom. The number of hydrogen-bond acceptors (Lipinski definition) is 7. The van der Waals surface area contributed by atoms with Crippen molar-refractivity contribution in [3.8, 4) is 11.5 Å². The number of para-hydroxylation sites is 1. The van der Waals surface area contributed by atoms with Gasteiger partial charge in [-0.25, -0.2) is 4.79 Å². The van der Waals surface area contributed by atoms with Gasteiger partial charge in [-0.3, -0.25) is 14.2 Å². The molecule has 4 rings (SSSR count). The molecular weight excluding hydrogens is 454 g/mol. The third-order valence-electron chi connectivity index (χ3n) is 5.36. The van der Waals surface area contributed by atoms with Gasteiger partial charge in [0.05, 0.1) is 12.6 Å². The molecule has 10 heteroatoms. The fourth-order valence-electron chi connectivity index (χ4n) is 3.64. The van der Waals surface area contributed by atoms with E-state index in [1.165, 1.54) is 11.5 Å². The predicted molar refractivity (Wildman–Crippen MR) is 134 cm³/mol. The molecule has 1 aliphatic heterocycles. The summed E-state index contributed by atoms with van der Waals surface area (Å²) in [6.45, 7) is 3.22. The number of nitrogens with two attached hydrogens (primary N) is 1. The van der Waals surface area contributed by atoms with Crippen molar-refractivity contribution in [2.75, 3.05) is 25.0 Å². The molecule has 0 radical (unpaired) electrons. The van der Waals surface area contributed by atoms with Gasteiger partial charge in [-0.05, 0) is 67.7 Å². The van der Waals surface area contributed by atoms with E-state index in [2.05, 4.69) is 14.7 Å². The highest BCUT2D eigenvalue weighted by molar-refractivity contribution is 7.10. The van der Waals surface area contributed by atoms with E-state index in [0.29, 0.717) is 48.9 Å².